The molecule has 0 fully saturated rings. The predicted molar refractivity (Wildman–Crippen MR) is 51.8 cm³/mol. The molecular formula is C9H12ClNO2S. The van der Waals surface area contributed by atoms with Gasteiger partial charge in [-0.2, -0.15) is 12.6 Å². The van der Waals surface area contributed by atoms with Crippen molar-refractivity contribution in [2.24, 2.45) is 0 Å². The minimum Gasteiger partial charge on any atom is -1.00 e. The first-order valence-electron chi connectivity index (χ1n) is 4.03. The molecule has 0 atom stereocenters. The van der Waals surface area contributed by atoms with Gasteiger partial charge in [0.15, 0.2) is 18.9 Å². The highest BCUT2D eigenvalue weighted by molar-refractivity contribution is 7.80. The fraction of sp³-hybridized carbons (Fsp3) is 0.333. The summed E-state index contributed by atoms with van der Waals surface area (Å²) in [5.41, 5.74) is 0.816. The van der Waals surface area contributed by atoms with Crippen LogP contribution in [0.3, 0.4) is 0 Å². The zero-order valence-corrected chi connectivity index (χ0v) is 9.21. The third-order valence-electron chi connectivity index (χ3n) is 1.63. The largest absolute Gasteiger partial charge is 1.00 e. The van der Waals surface area contributed by atoms with Gasteiger partial charge >= 0.3 is 5.97 Å². The zero-order chi connectivity index (χ0) is 9.68. The number of aliphatic carboxylic acids is 1. The molecule has 78 valence electrons. The third kappa shape index (κ3) is 4.48. The highest BCUT2D eigenvalue weighted by Gasteiger charge is 2.04. The number of aromatic nitrogens is 1. The standard InChI is InChI=1S/C9H11NO2S.ClH/c11-9(12)6-8-2-1-3-10(7-8)4-5-13;/h1-3,7H,4-6H2,(H-,11,12,13);1H. The van der Waals surface area contributed by atoms with Gasteiger partial charge in [0.25, 0.3) is 0 Å². The van der Waals surface area contributed by atoms with Crippen molar-refractivity contribution in [3.05, 3.63) is 30.1 Å². The van der Waals surface area contributed by atoms with E-state index in [0.717, 1.165) is 17.9 Å². The van der Waals surface area contributed by atoms with Crippen LogP contribution in [0.5, 0.6) is 0 Å². The molecule has 1 rings (SSSR count). The number of thiol groups is 1. The predicted octanol–water partition coefficient (Wildman–Crippen LogP) is -2.46. The molecule has 3 nitrogen and oxygen atoms in total. The molecule has 0 aliphatic rings. The first-order chi connectivity index (χ1) is 6.22. The Morgan fingerprint density at radius 3 is 2.86 bits per heavy atom. The van der Waals surface area contributed by atoms with E-state index in [1.807, 2.05) is 29.1 Å². The van der Waals surface area contributed by atoms with Crippen molar-refractivity contribution in [3.63, 3.8) is 0 Å². The summed E-state index contributed by atoms with van der Waals surface area (Å²) in [6.07, 6.45) is 3.82. The molecule has 0 aliphatic carbocycles. The van der Waals surface area contributed by atoms with Crippen LogP contribution in [0.4, 0.5) is 0 Å². The molecule has 0 amide bonds. The number of carbonyl (C=O) groups is 1. The lowest BCUT2D eigenvalue weighted by atomic mass is 10.2. The molecule has 0 saturated heterocycles. The van der Waals surface area contributed by atoms with Gasteiger partial charge in [-0.05, 0) is 6.07 Å². The Balaban J connectivity index is 0.00000169. The summed E-state index contributed by atoms with van der Waals surface area (Å²) in [4.78, 5) is 10.4. The van der Waals surface area contributed by atoms with E-state index in [1.165, 1.54) is 0 Å². The van der Waals surface area contributed by atoms with E-state index < -0.39 is 5.97 Å². The molecule has 0 bridgehead atoms. The summed E-state index contributed by atoms with van der Waals surface area (Å²) in [7, 11) is 0. The Hall–Kier alpha value is -0.740. The van der Waals surface area contributed by atoms with Gasteiger partial charge in [0, 0.05) is 17.4 Å². The Labute approximate surface area is 94.6 Å². The number of carboxylic acids is 1. The minimum absolute atomic E-state index is 0. The molecule has 5 heteroatoms. The molecule has 0 aromatic carbocycles. The van der Waals surface area contributed by atoms with Crippen molar-refractivity contribution in [2.45, 2.75) is 13.0 Å². The Bertz CT molecular complexity index is 307. The van der Waals surface area contributed by atoms with Gasteiger partial charge in [0.1, 0.15) is 0 Å². The fourth-order valence-corrected chi connectivity index (χ4v) is 1.34. The van der Waals surface area contributed by atoms with Gasteiger partial charge in [0.05, 0.1) is 6.42 Å². The van der Waals surface area contributed by atoms with Gasteiger partial charge in [-0.15, -0.1) is 0 Å². The Morgan fingerprint density at radius 2 is 2.29 bits per heavy atom. The van der Waals surface area contributed by atoms with Crippen LogP contribution in [0.15, 0.2) is 24.5 Å². The lowest BCUT2D eigenvalue weighted by Gasteiger charge is -1.96. The van der Waals surface area contributed by atoms with E-state index >= 15 is 0 Å². The van der Waals surface area contributed by atoms with E-state index in [-0.39, 0.29) is 18.8 Å². The highest BCUT2D eigenvalue weighted by Crippen LogP contribution is 1.95. The molecule has 1 aromatic heterocycles. The maximum absolute atomic E-state index is 10.4. The molecule has 0 saturated carbocycles. The molecule has 1 N–H and O–H groups in total. The van der Waals surface area contributed by atoms with Crippen LogP contribution < -0.4 is 17.0 Å². The summed E-state index contributed by atoms with van der Waals surface area (Å²) in [5, 5.41) is 8.56. The van der Waals surface area contributed by atoms with E-state index in [9.17, 15) is 4.79 Å². The average Bonchev–Trinajstić information content (AvgIpc) is 2.04. The lowest BCUT2D eigenvalue weighted by Crippen LogP contribution is -3.00. The Morgan fingerprint density at radius 1 is 1.57 bits per heavy atom. The smallest absolute Gasteiger partial charge is 0.308 e. The summed E-state index contributed by atoms with van der Waals surface area (Å²) in [6, 6.07) is 3.66. The number of hydrogen-bond donors (Lipinski definition) is 2. The third-order valence-corrected chi connectivity index (χ3v) is 1.83. The highest BCUT2D eigenvalue weighted by atomic mass is 35.5. The molecule has 0 radical (unpaired) electrons. The fourth-order valence-electron chi connectivity index (χ4n) is 1.11. The van der Waals surface area contributed by atoms with Crippen molar-refractivity contribution in [2.75, 3.05) is 5.75 Å². The lowest BCUT2D eigenvalue weighted by molar-refractivity contribution is -0.692. The van der Waals surface area contributed by atoms with Crippen LogP contribution in [-0.2, 0) is 17.8 Å². The number of aryl methyl sites for hydroxylation is 1. The molecule has 0 unspecified atom stereocenters. The van der Waals surface area contributed by atoms with Crippen molar-refractivity contribution in [1.82, 2.24) is 0 Å². The van der Waals surface area contributed by atoms with Crippen LogP contribution in [0, 0.1) is 0 Å². The van der Waals surface area contributed by atoms with E-state index in [4.69, 9.17) is 5.11 Å². The van der Waals surface area contributed by atoms with E-state index in [2.05, 4.69) is 12.6 Å². The van der Waals surface area contributed by atoms with Crippen molar-refractivity contribution in [1.29, 1.82) is 0 Å². The molecule has 0 spiro atoms. The maximum Gasteiger partial charge on any atom is 0.308 e. The van der Waals surface area contributed by atoms with Gasteiger partial charge in [-0.1, -0.05) is 0 Å². The number of pyridine rings is 1. The number of nitrogens with zero attached hydrogens (tertiary/aromatic N) is 1. The summed E-state index contributed by atoms with van der Waals surface area (Å²) >= 11 is 4.10. The monoisotopic (exact) mass is 233 g/mol. The zero-order valence-electron chi connectivity index (χ0n) is 7.56. The van der Waals surface area contributed by atoms with Crippen LogP contribution in [-0.4, -0.2) is 16.8 Å². The molecular weight excluding hydrogens is 222 g/mol. The van der Waals surface area contributed by atoms with Crippen molar-refractivity contribution in [3.8, 4) is 0 Å². The van der Waals surface area contributed by atoms with Crippen molar-refractivity contribution < 1.29 is 26.9 Å². The maximum atomic E-state index is 10.4. The number of hydrogen-bond acceptors (Lipinski definition) is 2. The molecule has 14 heavy (non-hydrogen) atoms. The van der Waals surface area contributed by atoms with Crippen molar-refractivity contribution >= 4 is 18.6 Å². The van der Waals surface area contributed by atoms with Crippen LogP contribution in [0.1, 0.15) is 5.56 Å². The summed E-state index contributed by atoms with van der Waals surface area (Å²) in [6.45, 7) is 0.802. The normalized spacial score (nSPS) is 9.21. The SMILES string of the molecule is O=C(O)Cc1ccc[n+](CCS)c1.[Cl-]. The average molecular weight is 234 g/mol. The molecule has 1 heterocycles. The number of halogens is 1. The van der Waals surface area contributed by atoms with E-state index in [0.29, 0.717) is 0 Å². The topological polar surface area (TPSA) is 41.2 Å². The van der Waals surface area contributed by atoms with Gasteiger partial charge in [-0.25, -0.2) is 4.57 Å². The second kappa shape index (κ2) is 6.68. The van der Waals surface area contributed by atoms with Crippen LogP contribution >= 0.6 is 12.6 Å². The number of rotatable bonds is 4. The first kappa shape index (κ1) is 13.3. The van der Waals surface area contributed by atoms with Crippen LogP contribution in [0.25, 0.3) is 0 Å². The quantitative estimate of drug-likeness (QED) is 0.447. The van der Waals surface area contributed by atoms with Gasteiger partial charge < -0.3 is 17.5 Å². The second-order valence-electron chi connectivity index (χ2n) is 2.74. The van der Waals surface area contributed by atoms with Gasteiger partial charge in [0.2, 0.25) is 0 Å². The minimum atomic E-state index is -0.802. The Kier molecular flexibility index (Phi) is 6.32. The van der Waals surface area contributed by atoms with E-state index in [1.54, 1.807) is 0 Å². The molecule has 1 aromatic rings. The van der Waals surface area contributed by atoms with Crippen LogP contribution in [0.2, 0.25) is 0 Å². The number of carboxylic acid groups (broad SMARTS) is 1. The molecule has 0 aliphatic heterocycles. The summed E-state index contributed by atoms with van der Waals surface area (Å²) < 4.78 is 1.94. The first-order valence-corrected chi connectivity index (χ1v) is 4.66. The summed E-state index contributed by atoms with van der Waals surface area (Å²) in [5.74, 6) is -0.0510. The second-order valence-corrected chi connectivity index (χ2v) is 3.19. The van der Waals surface area contributed by atoms with Gasteiger partial charge in [-0.3, -0.25) is 4.79 Å².